The molecule has 0 aromatic heterocycles. The Morgan fingerprint density at radius 2 is 2.18 bits per heavy atom. The van der Waals surface area contributed by atoms with Gasteiger partial charge in [-0.25, -0.2) is 0 Å². The topological polar surface area (TPSA) is 71.4 Å². The molecule has 0 aliphatic carbocycles. The highest BCUT2D eigenvalue weighted by Crippen LogP contribution is 2.35. The zero-order valence-electron chi connectivity index (χ0n) is 12.1. The van der Waals surface area contributed by atoms with E-state index in [0.717, 1.165) is 13.1 Å². The van der Waals surface area contributed by atoms with E-state index in [1.54, 1.807) is 24.3 Å². The molecule has 1 N–H and O–H groups in total. The van der Waals surface area contributed by atoms with Crippen LogP contribution in [0.15, 0.2) is 28.1 Å². The van der Waals surface area contributed by atoms with Crippen molar-refractivity contribution < 1.29 is 19.4 Å². The first-order chi connectivity index (χ1) is 10.7. The molecule has 116 valence electrons. The number of benzene rings is 1. The highest BCUT2D eigenvalue weighted by molar-refractivity contribution is 8.18. The number of rotatable bonds is 2. The number of amidine groups is 1. The molecule has 1 amide bonds. The fourth-order valence-corrected chi connectivity index (χ4v) is 3.21. The minimum absolute atomic E-state index is 0.0192. The number of carbonyl (C=O) groups excluding carboxylic acids is 1. The predicted molar refractivity (Wildman–Crippen MR) is 85.1 cm³/mol. The summed E-state index contributed by atoms with van der Waals surface area (Å²) in [6, 6.07) is 5.15. The molecule has 0 saturated carbocycles. The van der Waals surface area contributed by atoms with Crippen LogP contribution < -0.4 is 4.74 Å². The molecule has 0 radical (unpaired) electrons. The van der Waals surface area contributed by atoms with Gasteiger partial charge in [-0.05, 0) is 23.9 Å². The molecular weight excluding hydrogens is 304 g/mol. The van der Waals surface area contributed by atoms with E-state index in [2.05, 4.69) is 4.99 Å². The molecule has 1 aromatic carbocycles. The molecule has 0 unspecified atom stereocenters. The highest BCUT2D eigenvalue weighted by atomic mass is 32.2. The van der Waals surface area contributed by atoms with E-state index >= 15 is 0 Å². The number of phenolic OH excluding ortho intramolecular Hbond substituents is 1. The number of methoxy groups -OCH3 is 1. The molecule has 1 fully saturated rings. The van der Waals surface area contributed by atoms with Crippen molar-refractivity contribution in [3.63, 3.8) is 0 Å². The molecule has 1 saturated heterocycles. The number of hydrogen-bond donors (Lipinski definition) is 1. The van der Waals surface area contributed by atoms with Crippen LogP contribution >= 0.6 is 11.8 Å². The SMILES string of the molecule is COc1cccc(/C=C2\SC(N3CCOCC3)=NC2=O)c1O. The fraction of sp³-hybridized carbons (Fsp3) is 0.333. The van der Waals surface area contributed by atoms with Gasteiger partial charge in [0, 0.05) is 18.7 Å². The van der Waals surface area contributed by atoms with Crippen LogP contribution in [-0.2, 0) is 9.53 Å². The molecule has 0 bridgehead atoms. The lowest BCUT2D eigenvalue weighted by atomic mass is 10.1. The summed E-state index contributed by atoms with van der Waals surface area (Å²) in [5, 5.41) is 10.8. The Balaban J connectivity index is 1.81. The van der Waals surface area contributed by atoms with Crippen LogP contribution in [0.2, 0.25) is 0 Å². The standard InChI is InChI=1S/C15H16N2O4S/c1-20-11-4-2-3-10(13(11)18)9-12-14(19)16-15(22-12)17-5-7-21-8-6-17/h2-4,9,18H,5-8H2,1H3/b12-9-. The molecule has 0 atom stereocenters. The van der Waals surface area contributed by atoms with Gasteiger partial charge >= 0.3 is 0 Å². The maximum absolute atomic E-state index is 12.1. The number of amides is 1. The number of para-hydroxylation sites is 1. The van der Waals surface area contributed by atoms with Crippen molar-refractivity contribution in [2.45, 2.75) is 0 Å². The van der Waals surface area contributed by atoms with E-state index in [4.69, 9.17) is 9.47 Å². The molecule has 7 heteroatoms. The second-order valence-electron chi connectivity index (χ2n) is 4.81. The number of aromatic hydroxyl groups is 1. The van der Waals surface area contributed by atoms with Crippen molar-refractivity contribution in [1.82, 2.24) is 4.90 Å². The summed E-state index contributed by atoms with van der Waals surface area (Å²) in [5.74, 6) is 0.110. The van der Waals surface area contributed by atoms with Gasteiger partial charge in [-0.2, -0.15) is 4.99 Å². The zero-order chi connectivity index (χ0) is 15.5. The number of phenols is 1. The van der Waals surface area contributed by atoms with Gasteiger partial charge in [-0.1, -0.05) is 12.1 Å². The lowest BCUT2D eigenvalue weighted by molar-refractivity contribution is -0.113. The Kier molecular flexibility index (Phi) is 4.35. The van der Waals surface area contributed by atoms with E-state index in [0.29, 0.717) is 34.6 Å². The highest BCUT2D eigenvalue weighted by Gasteiger charge is 2.27. The van der Waals surface area contributed by atoms with Crippen molar-refractivity contribution in [2.75, 3.05) is 33.4 Å². The van der Waals surface area contributed by atoms with E-state index < -0.39 is 0 Å². The Morgan fingerprint density at radius 3 is 2.91 bits per heavy atom. The summed E-state index contributed by atoms with van der Waals surface area (Å²) in [6.45, 7) is 2.75. The van der Waals surface area contributed by atoms with Crippen LogP contribution in [0.3, 0.4) is 0 Å². The van der Waals surface area contributed by atoms with Gasteiger partial charge in [0.25, 0.3) is 5.91 Å². The molecule has 6 nitrogen and oxygen atoms in total. The number of aliphatic imine (C=N–C) groups is 1. The van der Waals surface area contributed by atoms with Crippen LogP contribution in [0.25, 0.3) is 6.08 Å². The fourth-order valence-electron chi connectivity index (χ4n) is 2.25. The Morgan fingerprint density at radius 1 is 1.41 bits per heavy atom. The zero-order valence-corrected chi connectivity index (χ0v) is 12.9. The van der Waals surface area contributed by atoms with Gasteiger partial charge in [-0.3, -0.25) is 4.79 Å². The Hall–Kier alpha value is -1.99. The summed E-state index contributed by atoms with van der Waals surface area (Å²) in [4.78, 5) is 18.7. The van der Waals surface area contributed by atoms with E-state index in [-0.39, 0.29) is 11.7 Å². The first-order valence-corrected chi connectivity index (χ1v) is 7.72. The van der Waals surface area contributed by atoms with Gasteiger partial charge in [0.15, 0.2) is 16.7 Å². The van der Waals surface area contributed by atoms with Gasteiger partial charge in [0.1, 0.15) is 0 Å². The Labute approximate surface area is 132 Å². The second-order valence-corrected chi connectivity index (χ2v) is 5.82. The Bertz CT molecular complexity index is 651. The summed E-state index contributed by atoms with van der Waals surface area (Å²) in [7, 11) is 1.49. The quantitative estimate of drug-likeness (QED) is 0.837. The van der Waals surface area contributed by atoms with Crippen LogP contribution in [0.5, 0.6) is 11.5 Å². The number of hydrogen-bond acceptors (Lipinski definition) is 6. The van der Waals surface area contributed by atoms with Crippen molar-refractivity contribution >= 4 is 28.9 Å². The van der Waals surface area contributed by atoms with Gasteiger partial charge in [0.05, 0.1) is 25.2 Å². The number of carbonyl (C=O) groups is 1. The molecule has 22 heavy (non-hydrogen) atoms. The van der Waals surface area contributed by atoms with Crippen molar-refractivity contribution in [3.8, 4) is 11.5 Å². The number of ether oxygens (including phenoxy) is 2. The van der Waals surface area contributed by atoms with Gasteiger partial charge in [0.2, 0.25) is 0 Å². The average Bonchev–Trinajstić information content (AvgIpc) is 2.91. The third-order valence-electron chi connectivity index (χ3n) is 3.43. The third-order valence-corrected chi connectivity index (χ3v) is 4.47. The van der Waals surface area contributed by atoms with Crippen LogP contribution in [0.4, 0.5) is 0 Å². The van der Waals surface area contributed by atoms with Crippen LogP contribution in [0.1, 0.15) is 5.56 Å². The number of morpholine rings is 1. The monoisotopic (exact) mass is 320 g/mol. The third kappa shape index (κ3) is 2.95. The molecule has 2 heterocycles. The summed E-state index contributed by atoms with van der Waals surface area (Å²) in [5.41, 5.74) is 0.536. The van der Waals surface area contributed by atoms with Crippen molar-refractivity contribution in [2.24, 2.45) is 4.99 Å². The van der Waals surface area contributed by atoms with Crippen LogP contribution in [0, 0.1) is 0 Å². The molecule has 2 aliphatic rings. The predicted octanol–water partition coefficient (Wildman–Crippen LogP) is 1.70. The van der Waals surface area contributed by atoms with Gasteiger partial charge in [-0.15, -0.1) is 0 Å². The summed E-state index contributed by atoms with van der Waals surface area (Å²) in [6.07, 6.45) is 1.64. The van der Waals surface area contributed by atoms with Crippen molar-refractivity contribution in [1.29, 1.82) is 0 Å². The average molecular weight is 320 g/mol. The minimum Gasteiger partial charge on any atom is -0.504 e. The largest absolute Gasteiger partial charge is 0.504 e. The number of nitrogens with zero attached hydrogens (tertiary/aromatic N) is 2. The van der Waals surface area contributed by atoms with E-state index in [1.807, 2.05) is 4.90 Å². The summed E-state index contributed by atoms with van der Waals surface area (Å²) < 4.78 is 10.4. The van der Waals surface area contributed by atoms with Crippen molar-refractivity contribution in [3.05, 3.63) is 28.7 Å². The lowest BCUT2D eigenvalue weighted by Crippen LogP contribution is -2.38. The first-order valence-electron chi connectivity index (χ1n) is 6.90. The van der Waals surface area contributed by atoms with E-state index in [9.17, 15) is 9.90 Å². The minimum atomic E-state index is -0.284. The maximum Gasteiger partial charge on any atom is 0.286 e. The lowest BCUT2D eigenvalue weighted by Gasteiger charge is -2.27. The number of thioether (sulfide) groups is 1. The van der Waals surface area contributed by atoms with Crippen LogP contribution in [-0.4, -0.2) is 54.5 Å². The van der Waals surface area contributed by atoms with Gasteiger partial charge < -0.3 is 19.5 Å². The van der Waals surface area contributed by atoms with E-state index in [1.165, 1.54) is 18.9 Å². The molecular formula is C15H16N2O4S. The first kappa shape index (κ1) is 14.9. The smallest absolute Gasteiger partial charge is 0.286 e. The molecule has 3 rings (SSSR count). The maximum atomic E-state index is 12.1. The normalized spacial score (nSPS) is 20.4. The molecule has 1 aromatic rings. The molecule has 0 spiro atoms. The molecule has 2 aliphatic heterocycles. The summed E-state index contributed by atoms with van der Waals surface area (Å²) >= 11 is 1.32. The second kappa shape index (κ2) is 6.41.